The minimum absolute atomic E-state index is 0.249. The van der Waals surface area contributed by atoms with Crippen molar-refractivity contribution >= 4 is 5.97 Å². The van der Waals surface area contributed by atoms with Gasteiger partial charge in [-0.05, 0) is 26.3 Å². The molecule has 0 bridgehead atoms. The molecule has 5 heteroatoms. The zero-order valence-electron chi connectivity index (χ0n) is 12.4. The molecule has 1 aromatic heterocycles. The van der Waals surface area contributed by atoms with E-state index in [1.54, 1.807) is 17.7 Å². The van der Waals surface area contributed by atoms with E-state index in [1.165, 1.54) is 5.56 Å². The summed E-state index contributed by atoms with van der Waals surface area (Å²) in [6, 6.07) is 9.96. The van der Waals surface area contributed by atoms with Gasteiger partial charge in [0.05, 0.1) is 17.9 Å². The third-order valence-corrected chi connectivity index (χ3v) is 3.31. The van der Waals surface area contributed by atoms with Crippen molar-refractivity contribution in [3.8, 4) is 6.07 Å². The van der Waals surface area contributed by atoms with E-state index in [1.807, 2.05) is 38.1 Å². The van der Waals surface area contributed by atoms with Gasteiger partial charge in [0.25, 0.3) is 0 Å². The summed E-state index contributed by atoms with van der Waals surface area (Å²) in [5, 5.41) is 12.9. The van der Waals surface area contributed by atoms with Gasteiger partial charge >= 0.3 is 5.97 Å². The Bertz CT molecular complexity index is 694. The number of ether oxygens (including phenoxy) is 1. The fourth-order valence-electron chi connectivity index (χ4n) is 2.18. The first-order valence-electron chi connectivity index (χ1n) is 6.66. The normalized spacial score (nSPS) is 10.2. The van der Waals surface area contributed by atoms with E-state index in [-0.39, 0.29) is 6.61 Å². The molecule has 1 heterocycles. The lowest BCUT2D eigenvalue weighted by molar-refractivity contribution is 0.0553. The number of hydrogen-bond donors (Lipinski definition) is 0. The molecule has 0 spiro atoms. The molecule has 0 radical (unpaired) electrons. The van der Waals surface area contributed by atoms with Crippen LogP contribution in [0.3, 0.4) is 0 Å². The van der Waals surface area contributed by atoms with Gasteiger partial charge in [-0.2, -0.15) is 10.4 Å². The van der Waals surface area contributed by atoms with Crippen molar-refractivity contribution < 1.29 is 9.53 Å². The Morgan fingerprint density at radius 2 is 1.95 bits per heavy atom. The predicted molar refractivity (Wildman–Crippen MR) is 77.9 cm³/mol. The van der Waals surface area contributed by atoms with Crippen LogP contribution in [-0.2, 0) is 11.3 Å². The molecule has 0 aliphatic carbocycles. The second-order valence-electron chi connectivity index (χ2n) is 4.92. The van der Waals surface area contributed by atoms with E-state index in [0.29, 0.717) is 17.8 Å². The molecule has 21 heavy (non-hydrogen) atoms. The Hall–Kier alpha value is -2.61. The van der Waals surface area contributed by atoms with Crippen LogP contribution in [0.1, 0.15) is 32.9 Å². The third-order valence-electron chi connectivity index (χ3n) is 3.31. The van der Waals surface area contributed by atoms with Gasteiger partial charge in [0, 0.05) is 0 Å². The highest BCUT2D eigenvalue weighted by Gasteiger charge is 2.19. The molecule has 0 saturated heterocycles. The molecule has 0 saturated carbocycles. The summed E-state index contributed by atoms with van der Waals surface area (Å²) < 4.78 is 6.65. The predicted octanol–water partition coefficient (Wildman–Crippen LogP) is 2.54. The van der Waals surface area contributed by atoms with Crippen molar-refractivity contribution in [2.45, 2.75) is 27.3 Å². The average Bonchev–Trinajstić information content (AvgIpc) is 2.73. The minimum Gasteiger partial charge on any atom is -0.447 e. The maximum Gasteiger partial charge on any atom is 0.342 e. The molecular formula is C16H17N3O2. The highest BCUT2D eigenvalue weighted by atomic mass is 16.5. The Labute approximate surface area is 123 Å². The van der Waals surface area contributed by atoms with Gasteiger partial charge in [0.15, 0.2) is 6.61 Å². The Morgan fingerprint density at radius 1 is 1.29 bits per heavy atom. The van der Waals surface area contributed by atoms with Gasteiger partial charge in [0.2, 0.25) is 0 Å². The topological polar surface area (TPSA) is 67.9 Å². The first-order valence-corrected chi connectivity index (χ1v) is 6.66. The molecule has 0 amide bonds. The zero-order chi connectivity index (χ0) is 15.4. The second-order valence-corrected chi connectivity index (χ2v) is 4.92. The number of nitriles is 1. The van der Waals surface area contributed by atoms with Crippen molar-refractivity contribution in [3.05, 3.63) is 52.3 Å². The summed E-state index contributed by atoms with van der Waals surface area (Å²) in [5.41, 5.74) is 4.12. The fourth-order valence-corrected chi connectivity index (χ4v) is 2.18. The number of carbonyl (C=O) groups excluding carboxylic acids is 1. The van der Waals surface area contributed by atoms with Crippen molar-refractivity contribution in [2.24, 2.45) is 0 Å². The van der Waals surface area contributed by atoms with Crippen LogP contribution in [0.4, 0.5) is 0 Å². The van der Waals surface area contributed by atoms with E-state index >= 15 is 0 Å². The molecular weight excluding hydrogens is 266 g/mol. The molecule has 108 valence electrons. The SMILES string of the molecule is Cc1ccc(Cn2nc(C)c(C(=O)OCC#N)c2C)cc1. The minimum atomic E-state index is -0.498. The summed E-state index contributed by atoms with van der Waals surface area (Å²) in [4.78, 5) is 11.9. The van der Waals surface area contributed by atoms with Gasteiger partial charge < -0.3 is 4.74 Å². The van der Waals surface area contributed by atoms with E-state index in [9.17, 15) is 4.79 Å². The van der Waals surface area contributed by atoms with Crippen LogP contribution >= 0.6 is 0 Å². The number of benzene rings is 1. The quantitative estimate of drug-likeness (QED) is 0.809. The van der Waals surface area contributed by atoms with E-state index in [0.717, 1.165) is 11.3 Å². The molecule has 2 aromatic rings. The van der Waals surface area contributed by atoms with Crippen LogP contribution in [0.15, 0.2) is 24.3 Å². The highest BCUT2D eigenvalue weighted by molar-refractivity contribution is 5.91. The Morgan fingerprint density at radius 3 is 2.57 bits per heavy atom. The molecule has 0 atom stereocenters. The van der Waals surface area contributed by atoms with E-state index in [4.69, 9.17) is 10.00 Å². The van der Waals surface area contributed by atoms with Crippen molar-refractivity contribution in [1.82, 2.24) is 9.78 Å². The molecule has 5 nitrogen and oxygen atoms in total. The number of aromatic nitrogens is 2. The molecule has 0 aliphatic heterocycles. The molecule has 2 rings (SSSR count). The number of aryl methyl sites for hydroxylation is 2. The van der Waals surface area contributed by atoms with E-state index in [2.05, 4.69) is 5.10 Å². The average molecular weight is 283 g/mol. The zero-order valence-corrected chi connectivity index (χ0v) is 12.4. The monoisotopic (exact) mass is 283 g/mol. The first-order chi connectivity index (χ1) is 10.0. The number of nitrogens with zero attached hydrogens (tertiary/aromatic N) is 3. The summed E-state index contributed by atoms with van der Waals surface area (Å²) in [7, 11) is 0. The second kappa shape index (κ2) is 6.23. The lowest BCUT2D eigenvalue weighted by Gasteiger charge is -2.06. The molecule has 0 aliphatic rings. The maximum absolute atomic E-state index is 11.9. The maximum atomic E-state index is 11.9. The van der Waals surface area contributed by atoms with E-state index < -0.39 is 5.97 Å². The fraction of sp³-hybridized carbons (Fsp3) is 0.312. The number of esters is 1. The molecule has 0 N–H and O–H groups in total. The summed E-state index contributed by atoms with van der Waals surface area (Å²) >= 11 is 0. The van der Waals surface area contributed by atoms with Crippen LogP contribution in [0.2, 0.25) is 0 Å². The third kappa shape index (κ3) is 3.29. The Balaban J connectivity index is 2.24. The summed E-state index contributed by atoms with van der Waals surface area (Å²) in [5.74, 6) is -0.498. The standard InChI is InChI=1S/C16H17N3O2/c1-11-4-6-14(7-5-11)10-19-13(3)15(12(2)18-19)16(20)21-9-8-17/h4-7H,9-10H2,1-3H3. The molecule has 0 unspecified atom stereocenters. The number of hydrogen-bond acceptors (Lipinski definition) is 4. The van der Waals surface area contributed by atoms with Gasteiger partial charge in [-0.1, -0.05) is 29.8 Å². The number of carbonyl (C=O) groups is 1. The van der Waals surface area contributed by atoms with Crippen LogP contribution in [0.5, 0.6) is 0 Å². The van der Waals surface area contributed by atoms with Gasteiger partial charge in [-0.3, -0.25) is 4.68 Å². The van der Waals surface area contributed by atoms with Crippen molar-refractivity contribution in [2.75, 3.05) is 6.61 Å². The van der Waals surface area contributed by atoms with Crippen LogP contribution in [0, 0.1) is 32.1 Å². The van der Waals surface area contributed by atoms with Gasteiger partial charge in [-0.15, -0.1) is 0 Å². The van der Waals surface area contributed by atoms with Crippen LogP contribution in [0.25, 0.3) is 0 Å². The molecule has 0 fully saturated rings. The van der Waals surface area contributed by atoms with Gasteiger partial charge in [-0.25, -0.2) is 4.79 Å². The van der Waals surface area contributed by atoms with Crippen LogP contribution < -0.4 is 0 Å². The largest absolute Gasteiger partial charge is 0.447 e. The van der Waals surface area contributed by atoms with Crippen molar-refractivity contribution in [1.29, 1.82) is 5.26 Å². The smallest absolute Gasteiger partial charge is 0.342 e. The van der Waals surface area contributed by atoms with Crippen LogP contribution in [-0.4, -0.2) is 22.4 Å². The van der Waals surface area contributed by atoms with Gasteiger partial charge in [0.1, 0.15) is 11.6 Å². The lowest BCUT2D eigenvalue weighted by atomic mass is 10.1. The summed E-state index contributed by atoms with van der Waals surface area (Å²) in [6.07, 6.45) is 0. The first kappa shape index (κ1) is 14.8. The summed E-state index contributed by atoms with van der Waals surface area (Å²) in [6.45, 7) is 5.98. The lowest BCUT2D eigenvalue weighted by Crippen LogP contribution is -2.09. The Kier molecular flexibility index (Phi) is 4.39. The van der Waals surface area contributed by atoms with Crippen molar-refractivity contribution in [3.63, 3.8) is 0 Å². The number of rotatable bonds is 4. The highest BCUT2D eigenvalue weighted by Crippen LogP contribution is 2.16. The molecule has 1 aromatic carbocycles.